The zero-order chi connectivity index (χ0) is 13.6. The summed E-state index contributed by atoms with van der Waals surface area (Å²) in [6.45, 7) is 5.11. The highest BCUT2D eigenvalue weighted by molar-refractivity contribution is 6.01. The minimum absolute atomic E-state index is 0.0810. The van der Waals surface area contributed by atoms with Crippen molar-refractivity contribution in [2.45, 2.75) is 51.5 Å². The molecule has 1 heterocycles. The molecule has 0 aliphatic carbocycles. The third-order valence-corrected chi connectivity index (χ3v) is 3.47. The Labute approximate surface area is 108 Å². The Kier molecular flexibility index (Phi) is 5.29. The summed E-state index contributed by atoms with van der Waals surface area (Å²) in [5.74, 6) is -0.162. The first kappa shape index (κ1) is 14.7. The molecule has 1 aliphatic rings. The van der Waals surface area contributed by atoms with Crippen molar-refractivity contribution in [1.29, 1.82) is 5.26 Å². The number of nitrogens with zero attached hydrogens (tertiary/aromatic N) is 2. The van der Waals surface area contributed by atoms with Gasteiger partial charge in [0.05, 0.1) is 6.07 Å². The Hall–Kier alpha value is -1.41. The lowest BCUT2D eigenvalue weighted by molar-refractivity contribution is -0.138. The molecule has 1 saturated heterocycles. The molecule has 0 aromatic carbocycles. The van der Waals surface area contributed by atoms with Gasteiger partial charge in [0.25, 0.3) is 0 Å². The molecule has 0 radical (unpaired) electrons. The Bertz CT molecular complexity index is 346. The zero-order valence-electron chi connectivity index (χ0n) is 11.2. The van der Waals surface area contributed by atoms with Crippen molar-refractivity contribution in [2.75, 3.05) is 13.1 Å². The number of nitrogens with one attached hydrogen (secondary N) is 1. The molecular weight excluding hydrogens is 230 g/mol. The molecule has 2 amide bonds. The summed E-state index contributed by atoms with van der Waals surface area (Å²) in [5.41, 5.74) is -0.527. The second-order valence-corrected chi connectivity index (χ2v) is 4.62. The molecule has 0 saturated carbocycles. The first-order chi connectivity index (χ1) is 8.58. The van der Waals surface area contributed by atoms with E-state index < -0.39 is 5.54 Å². The van der Waals surface area contributed by atoms with Crippen molar-refractivity contribution >= 4 is 11.8 Å². The summed E-state index contributed by atoms with van der Waals surface area (Å²) < 4.78 is 0. The highest BCUT2D eigenvalue weighted by Crippen LogP contribution is 2.19. The first-order valence-electron chi connectivity index (χ1n) is 6.58. The van der Waals surface area contributed by atoms with Crippen LogP contribution in [-0.2, 0) is 9.59 Å². The fourth-order valence-electron chi connectivity index (χ4n) is 2.31. The largest absolute Gasteiger partial charge is 0.300 e. The van der Waals surface area contributed by atoms with Crippen LogP contribution in [0.5, 0.6) is 0 Å². The molecule has 0 aromatic heterocycles. The average Bonchev–Trinajstić information content (AvgIpc) is 2.69. The summed E-state index contributed by atoms with van der Waals surface area (Å²) in [4.78, 5) is 24.2. The second-order valence-electron chi connectivity index (χ2n) is 4.62. The van der Waals surface area contributed by atoms with Crippen molar-refractivity contribution in [2.24, 2.45) is 0 Å². The monoisotopic (exact) mass is 251 g/mol. The molecule has 1 N–H and O–H groups in total. The highest BCUT2D eigenvalue weighted by Gasteiger charge is 2.30. The lowest BCUT2D eigenvalue weighted by Gasteiger charge is -2.26. The van der Waals surface area contributed by atoms with Gasteiger partial charge in [0.1, 0.15) is 5.54 Å². The predicted molar refractivity (Wildman–Crippen MR) is 67.5 cm³/mol. The summed E-state index contributed by atoms with van der Waals surface area (Å²) in [6, 6.07) is 2.31. The molecule has 1 fully saturated rings. The van der Waals surface area contributed by atoms with Crippen LogP contribution in [0.1, 0.15) is 46.0 Å². The number of rotatable bonds is 7. The molecule has 5 nitrogen and oxygen atoms in total. The van der Waals surface area contributed by atoms with E-state index in [-0.39, 0.29) is 11.8 Å². The number of carbonyl (C=O) groups is 2. The van der Waals surface area contributed by atoms with Crippen LogP contribution in [0.2, 0.25) is 0 Å². The first-order valence-corrected chi connectivity index (χ1v) is 6.58. The van der Waals surface area contributed by atoms with E-state index in [1.807, 2.05) is 13.8 Å². The van der Waals surface area contributed by atoms with E-state index in [1.165, 1.54) is 4.90 Å². The molecule has 0 aromatic rings. The summed E-state index contributed by atoms with van der Waals surface area (Å²) in [6.07, 6.45) is 2.72. The molecule has 100 valence electrons. The van der Waals surface area contributed by atoms with E-state index in [2.05, 4.69) is 11.4 Å². The molecule has 1 unspecified atom stereocenters. The maximum absolute atomic E-state index is 11.4. The van der Waals surface area contributed by atoms with E-state index in [9.17, 15) is 14.9 Å². The van der Waals surface area contributed by atoms with Gasteiger partial charge in [0.2, 0.25) is 11.8 Å². The van der Waals surface area contributed by atoms with Crippen molar-refractivity contribution in [3.63, 3.8) is 0 Å². The number of hydrogen-bond donors (Lipinski definition) is 1. The Morgan fingerprint density at radius 3 is 2.39 bits per heavy atom. The molecule has 5 heteroatoms. The summed E-state index contributed by atoms with van der Waals surface area (Å²) in [7, 11) is 0. The SMILES string of the molecule is CCNC(C#N)(CC)CCCN1C(=O)CCC1=O. The molecule has 1 aliphatic heterocycles. The fraction of sp³-hybridized carbons (Fsp3) is 0.769. The van der Waals surface area contributed by atoms with Gasteiger partial charge in [-0.1, -0.05) is 13.8 Å². The standard InChI is InChI=1S/C13H21N3O2/c1-3-13(10-14,15-4-2)8-5-9-16-11(17)6-7-12(16)18/h15H,3-9H2,1-2H3. The lowest BCUT2D eigenvalue weighted by atomic mass is 9.92. The third-order valence-electron chi connectivity index (χ3n) is 3.47. The van der Waals surface area contributed by atoms with E-state index in [0.717, 1.165) is 13.0 Å². The average molecular weight is 251 g/mol. The quantitative estimate of drug-likeness (QED) is 0.690. The molecule has 1 atom stereocenters. The molecule has 18 heavy (non-hydrogen) atoms. The van der Waals surface area contributed by atoms with Crippen LogP contribution in [0.15, 0.2) is 0 Å². The van der Waals surface area contributed by atoms with Gasteiger partial charge in [-0.2, -0.15) is 5.26 Å². The molecule has 0 spiro atoms. The minimum Gasteiger partial charge on any atom is -0.300 e. The van der Waals surface area contributed by atoms with Crippen LogP contribution >= 0.6 is 0 Å². The number of hydrogen-bond acceptors (Lipinski definition) is 4. The van der Waals surface area contributed by atoms with E-state index in [4.69, 9.17) is 0 Å². The van der Waals surface area contributed by atoms with Crippen molar-refractivity contribution in [1.82, 2.24) is 10.2 Å². The van der Waals surface area contributed by atoms with Crippen molar-refractivity contribution in [3.05, 3.63) is 0 Å². The van der Waals surface area contributed by atoms with E-state index >= 15 is 0 Å². The topological polar surface area (TPSA) is 73.2 Å². The van der Waals surface area contributed by atoms with Gasteiger partial charge in [-0.3, -0.25) is 19.8 Å². The second kappa shape index (κ2) is 6.50. The van der Waals surface area contributed by atoms with Gasteiger partial charge in [-0.15, -0.1) is 0 Å². The smallest absolute Gasteiger partial charge is 0.229 e. The van der Waals surface area contributed by atoms with Gasteiger partial charge in [0, 0.05) is 19.4 Å². The summed E-state index contributed by atoms with van der Waals surface area (Å²) in [5, 5.41) is 12.4. The number of nitriles is 1. The Morgan fingerprint density at radius 2 is 1.94 bits per heavy atom. The fourth-order valence-corrected chi connectivity index (χ4v) is 2.31. The third kappa shape index (κ3) is 3.30. The van der Waals surface area contributed by atoms with Crippen molar-refractivity contribution < 1.29 is 9.59 Å². The van der Waals surface area contributed by atoms with Gasteiger partial charge in [-0.25, -0.2) is 0 Å². The number of imide groups is 1. The zero-order valence-corrected chi connectivity index (χ0v) is 11.2. The van der Waals surface area contributed by atoms with Crippen LogP contribution in [0.3, 0.4) is 0 Å². The van der Waals surface area contributed by atoms with Crippen LogP contribution in [-0.4, -0.2) is 35.3 Å². The Balaban J connectivity index is 2.46. The van der Waals surface area contributed by atoms with E-state index in [0.29, 0.717) is 32.2 Å². The van der Waals surface area contributed by atoms with Crippen LogP contribution in [0, 0.1) is 11.3 Å². The predicted octanol–water partition coefficient (Wildman–Crippen LogP) is 1.20. The maximum Gasteiger partial charge on any atom is 0.229 e. The Morgan fingerprint density at radius 1 is 1.33 bits per heavy atom. The van der Waals surface area contributed by atoms with Crippen molar-refractivity contribution in [3.8, 4) is 6.07 Å². The molecule has 0 bridgehead atoms. The van der Waals surface area contributed by atoms with Gasteiger partial charge in [0.15, 0.2) is 0 Å². The highest BCUT2D eigenvalue weighted by atomic mass is 16.2. The number of carbonyl (C=O) groups excluding carboxylic acids is 2. The van der Waals surface area contributed by atoms with Gasteiger partial charge < -0.3 is 0 Å². The molecular formula is C13H21N3O2. The van der Waals surface area contributed by atoms with Crippen LogP contribution in [0.25, 0.3) is 0 Å². The number of amides is 2. The minimum atomic E-state index is -0.527. The van der Waals surface area contributed by atoms with E-state index in [1.54, 1.807) is 0 Å². The maximum atomic E-state index is 11.4. The van der Waals surface area contributed by atoms with Crippen LogP contribution in [0.4, 0.5) is 0 Å². The normalized spacial score (nSPS) is 18.8. The van der Waals surface area contributed by atoms with Gasteiger partial charge >= 0.3 is 0 Å². The molecule has 1 rings (SSSR count). The van der Waals surface area contributed by atoms with Gasteiger partial charge in [-0.05, 0) is 25.8 Å². The number of likely N-dealkylation sites (tertiary alicyclic amines) is 1. The summed E-state index contributed by atoms with van der Waals surface area (Å²) >= 11 is 0. The van der Waals surface area contributed by atoms with Crippen LogP contribution < -0.4 is 5.32 Å². The lowest BCUT2D eigenvalue weighted by Crippen LogP contribution is -2.44.